The Hall–Kier alpha value is -1.81. The first-order valence-electron chi connectivity index (χ1n) is 7.67. The molecule has 4 nitrogen and oxygen atoms in total. The summed E-state index contributed by atoms with van der Waals surface area (Å²) < 4.78 is 5.81. The number of hydrogen-bond donors (Lipinski definition) is 2. The second-order valence-electron chi connectivity index (χ2n) is 5.32. The van der Waals surface area contributed by atoms with Crippen molar-refractivity contribution in [2.24, 2.45) is 0 Å². The Morgan fingerprint density at radius 2 is 1.95 bits per heavy atom. The SMILES string of the molecule is CCNCc1c(-c2ccc(OC(C)CC)cc2)n[nH]c1C. The van der Waals surface area contributed by atoms with Gasteiger partial charge in [-0.3, -0.25) is 5.10 Å². The summed E-state index contributed by atoms with van der Waals surface area (Å²) in [6, 6.07) is 8.18. The monoisotopic (exact) mass is 287 g/mol. The second kappa shape index (κ2) is 7.27. The molecule has 0 amide bonds. The van der Waals surface area contributed by atoms with Gasteiger partial charge < -0.3 is 10.1 Å². The topological polar surface area (TPSA) is 49.9 Å². The normalized spacial score (nSPS) is 12.4. The van der Waals surface area contributed by atoms with Crippen LogP contribution in [0.25, 0.3) is 11.3 Å². The van der Waals surface area contributed by atoms with Crippen molar-refractivity contribution in [1.82, 2.24) is 15.5 Å². The summed E-state index contributed by atoms with van der Waals surface area (Å²) in [6.45, 7) is 10.2. The molecule has 0 saturated carbocycles. The van der Waals surface area contributed by atoms with E-state index in [-0.39, 0.29) is 6.10 Å². The average Bonchev–Trinajstić information content (AvgIpc) is 2.86. The molecule has 0 aliphatic carbocycles. The van der Waals surface area contributed by atoms with Crippen molar-refractivity contribution in [3.05, 3.63) is 35.5 Å². The summed E-state index contributed by atoms with van der Waals surface area (Å²) in [5, 5.41) is 10.9. The summed E-state index contributed by atoms with van der Waals surface area (Å²) in [6.07, 6.45) is 1.25. The molecule has 0 aliphatic rings. The number of aryl methyl sites for hydroxylation is 1. The Bertz CT molecular complexity index is 560. The van der Waals surface area contributed by atoms with E-state index in [1.54, 1.807) is 0 Å². The average molecular weight is 287 g/mol. The van der Waals surface area contributed by atoms with Crippen LogP contribution in [-0.4, -0.2) is 22.8 Å². The molecule has 0 aliphatic heterocycles. The van der Waals surface area contributed by atoms with Crippen molar-refractivity contribution in [3.63, 3.8) is 0 Å². The fraction of sp³-hybridized carbons (Fsp3) is 0.471. The van der Waals surface area contributed by atoms with Crippen molar-refractivity contribution in [3.8, 4) is 17.0 Å². The molecule has 1 aromatic heterocycles. The molecule has 0 fully saturated rings. The molecule has 1 atom stereocenters. The van der Waals surface area contributed by atoms with Gasteiger partial charge in [-0.25, -0.2) is 0 Å². The number of ether oxygens (including phenoxy) is 1. The van der Waals surface area contributed by atoms with Crippen molar-refractivity contribution < 1.29 is 4.74 Å². The third-order valence-electron chi connectivity index (χ3n) is 3.67. The minimum absolute atomic E-state index is 0.243. The molecule has 114 valence electrons. The van der Waals surface area contributed by atoms with Crippen LogP contribution in [0, 0.1) is 6.92 Å². The Morgan fingerprint density at radius 3 is 2.57 bits per heavy atom. The van der Waals surface area contributed by atoms with Gasteiger partial charge in [-0.2, -0.15) is 5.10 Å². The van der Waals surface area contributed by atoms with E-state index in [1.165, 1.54) is 5.56 Å². The predicted molar refractivity (Wildman–Crippen MR) is 86.5 cm³/mol. The lowest BCUT2D eigenvalue weighted by Gasteiger charge is -2.12. The maximum atomic E-state index is 5.81. The van der Waals surface area contributed by atoms with Crippen LogP contribution in [0.4, 0.5) is 0 Å². The lowest BCUT2D eigenvalue weighted by atomic mass is 10.1. The maximum Gasteiger partial charge on any atom is 0.119 e. The quantitative estimate of drug-likeness (QED) is 0.817. The Morgan fingerprint density at radius 1 is 1.24 bits per heavy atom. The van der Waals surface area contributed by atoms with Crippen molar-refractivity contribution in [2.45, 2.75) is 46.8 Å². The first-order chi connectivity index (χ1) is 10.2. The predicted octanol–water partition coefficient (Wildman–Crippen LogP) is 3.67. The fourth-order valence-corrected chi connectivity index (χ4v) is 2.16. The molecule has 21 heavy (non-hydrogen) atoms. The number of H-pyrrole nitrogens is 1. The lowest BCUT2D eigenvalue weighted by Crippen LogP contribution is -2.12. The summed E-state index contributed by atoms with van der Waals surface area (Å²) in [4.78, 5) is 0. The first-order valence-corrected chi connectivity index (χ1v) is 7.67. The number of benzene rings is 1. The van der Waals surface area contributed by atoms with Crippen LogP contribution < -0.4 is 10.1 Å². The summed E-state index contributed by atoms with van der Waals surface area (Å²) >= 11 is 0. The van der Waals surface area contributed by atoms with E-state index in [0.29, 0.717) is 0 Å². The Balaban J connectivity index is 2.18. The zero-order valence-corrected chi connectivity index (χ0v) is 13.4. The van der Waals surface area contributed by atoms with Crippen molar-refractivity contribution >= 4 is 0 Å². The molecule has 2 N–H and O–H groups in total. The van der Waals surface area contributed by atoms with Crippen LogP contribution in [0.1, 0.15) is 38.4 Å². The van der Waals surface area contributed by atoms with Gasteiger partial charge >= 0.3 is 0 Å². The highest BCUT2D eigenvalue weighted by Crippen LogP contribution is 2.26. The second-order valence-corrected chi connectivity index (χ2v) is 5.32. The van der Waals surface area contributed by atoms with Crippen LogP contribution in [0.3, 0.4) is 0 Å². The lowest BCUT2D eigenvalue weighted by molar-refractivity contribution is 0.217. The largest absolute Gasteiger partial charge is 0.491 e. The van der Waals surface area contributed by atoms with E-state index < -0.39 is 0 Å². The highest BCUT2D eigenvalue weighted by atomic mass is 16.5. The minimum atomic E-state index is 0.243. The van der Waals surface area contributed by atoms with Gasteiger partial charge in [-0.05, 0) is 51.1 Å². The molecular weight excluding hydrogens is 262 g/mol. The van der Waals surface area contributed by atoms with E-state index in [4.69, 9.17) is 4.74 Å². The summed E-state index contributed by atoms with van der Waals surface area (Å²) in [7, 11) is 0. The third-order valence-corrected chi connectivity index (χ3v) is 3.67. The number of nitrogens with zero attached hydrogens (tertiary/aromatic N) is 1. The molecule has 1 heterocycles. The summed E-state index contributed by atoms with van der Waals surface area (Å²) in [5.41, 5.74) is 4.48. The van der Waals surface area contributed by atoms with Gasteiger partial charge in [0.1, 0.15) is 5.75 Å². The molecule has 2 rings (SSSR count). The van der Waals surface area contributed by atoms with E-state index in [2.05, 4.69) is 55.3 Å². The van der Waals surface area contributed by atoms with Crippen molar-refractivity contribution in [1.29, 1.82) is 0 Å². The van der Waals surface area contributed by atoms with Gasteiger partial charge in [0.25, 0.3) is 0 Å². The Labute approximate surface area is 126 Å². The minimum Gasteiger partial charge on any atom is -0.491 e. The molecule has 0 saturated heterocycles. The fourth-order valence-electron chi connectivity index (χ4n) is 2.16. The standard InChI is InChI=1S/C17H25N3O/c1-5-12(3)21-15-9-7-14(8-10-15)17-16(11-18-6-2)13(4)19-20-17/h7-10,12,18H,5-6,11H2,1-4H3,(H,19,20). The van der Waals surface area contributed by atoms with Crippen molar-refractivity contribution in [2.75, 3.05) is 6.54 Å². The van der Waals surface area contributed by atoms with Crippen LogP contribution in [-0.2, 0) is 6.54 Å². The molecule has 1 unspecified atom stereocenters. The number of nitrogens with one attached hydrogen (secondary N) is 2. The van der Waals surface area contributed by atoms with Crippen LogP contribution in [0.2, 0.25) is 0 Å². The molecule has 2 aromatic rings. The maximum absolute atomic E-state index is 5.81. The van der Waals surface area contributed by atoms with Crippen LogP contribution in [0.15, 0.2) is 24.3 Å². The zero-order chi connectivity index (χ0) is 15.2. The van der Waals surface area contributed by atoms with Crippen LogP contribution >= 0.6 is 0 Å². The van der Waals surface area contributed by atoms with Gasteiger partial charge in [-0.1, -0.05) is 13.8 Å². The third kappa shape index (κ3) is 3.85. The smallest absolute Gasteiger partial charge is 0.119 e. The highest BCUT2D eigenvalue weighted by molar-refractivity contribution is 5.64. The van der Waals surface area contributed by atoms with E-state index in [9.17, 15) is 0 Å². The zero-order valence-electron chi connectivity index (χ0n) is 13.4. The molecule has 0 bridgehead atoms. The number of aromatic amines is 1. The van der Waals surface area contributed by atoms with Gasteiger partial charge in [0.05, 0.1) is 11.8 Å². The molecule has 0 radical (unpaired) electrons. The number of rotatable bonds is 7. The molecule has 1 aromatic carbocycles. The van der Waals surface area contributed by atoms with Gasteiger partial charge in [0, 0.05) is 23.4 Å². The summed E-state index contributed by atoms with van der Waals surface area (Å²) in [5.74, 6) is 0.911. The van der Waals surface area contributed by atoms with E-state index in [0.717, 1.165) is 42.2 Å². The van der Waals surface area contributed by atoms with Gasteiger partial charge in [0.15, 0.2) is 0 Å². The number of aromatic nitrogens is 2. The number of hydrogen-bond acceptors (Lipinski definition) is 3. The van der Waals surface area contributed by atoms with Crippen LogP contribution in [0.5, 0.6) is 5.75 Å². The molecule has 4 heteroatoms. The molecular formula is C17H25N3O. The van der Waals surface area contributed by atoms with Gasteiger partial charge in [-0.15, -0.1) is 0 Å². The first kappa shape index (κ1) is 15.6. The van der Waals surface area contributed by atoms with E-state index >= 15 is 0 Å². The van der Waals surface area contributed by atoms with Gasteiger partial charge in [0.2, 0.25) is 0 Å². The van der Waals surface area contributed by atoms with E-state index in [1.807, 2.05) is 12.1 Å². The highest BCUT2D eigenvalue weighted by Gasteiger charge is 2.12. The Kier molecular flexibility index (Phi) is 5.39. The molecule has 0 spiro atoms.